The van der Waals surface area contributed by atoms with Crippen molar-refractivity contribution in [3.8, 4) is 0 Å². The molecule has 0 spiro atoms. The fourth-order valence-electron chi connectivity index (χ4n) is 2.14. The highest BCUT2D eigenvalue weighted by Crippen LogP contribution is 2.10. The van der Waals surface area contributed by atoms with Crippen molar-refractivity contribution in [1.29, 1.82) is 0 Å². The minimum atomic E-state index is -3.32. The Kier molecular flexibility index (Phi) is 9.06. The van der Waals surface area contributed by atoms with E-state index in [1.807, 2.05) is 20.8 Å². The molecule has 0 amide bonds. The van der Waals surface area contributed by atoms with Gasteiger partial charge in [0.25, 0.3) is 0 Å². The molecular weight excluding hydrogens is 467 g/mol. The Balaban J connectivity index is 0.00000338. The molecule has 2 aromatic rings. The maximum Gasteiger partial charge on any atom is 0.216 e. The summed E-state index contributed by atoms with van der Waals surface area (Å²) in [6.07, 6.45) is 0. The first-order chi connectivity index (χ1) is 11.9. The minimum Gasteiger partial charge on any atom is -0.444 e. The maximum atomic E-state index is 12.3. The van der Waals surface area contributed by atoms with E-state index < -0.39 is 9.84 Å². The third-order valence-electron chi connectivity index (χ3n) is 3.56. The van der Waals surface area contributed by atoms with E-state index in [1.54, 1.807) is 30.3 Å². The molecule has 0 atom stereocenters. The van der Waals surface area contributed by atoms with Gasteiger partial charge in [-0.3, -0.25) is 0 Å². The molecule has 0 radical (unpaired) electrons. The summed E-state index contributed by atoms with van der Waals surface area (Å²) in [6.45, 7) is 6.89. The van der Waals surface area contributed by atoms with Crippen molar-refractivity contribution < 1.29 is 12.8 Å². The van der Waals surface area contributed by atoms with Crippen molar-refractivity contribution in [2.45, 2.75) is 32.2 Å². The zero-order valence-electron chi connectivity index (χ0n) is 15.2. The Hall–Kier alpha value is -1.62. The molecule has 0 bridgehead atoms. The summed E-state index contributed by atoms with van der Waals surface area (Å²) in [5, 5.41) is 6.10. The van der Waals surface area contributed by atoms with E-state index in [2.05, 4.69) is 20.6 Å². The first kappa shape index (κ1) is 22.4. The van der Waals surface area contributed by atoms with Crippen molar-refractivity contribution >= 4 is 39.8 Å². The SMILES string of the molecule is CCNC(=NCc1nc(C)c(C)o1)NCCS(=O)(=O)c1ccccc1.I. The van der Waals surface area contributed by atoms with Crippen LogP contribution in [0.15, 0.2) is 44.6 Å². The highest BCUT2D eigenvalue weighted by molar-refractivity contribution is 14.0. The first-order valence-electron chi connectivity index (χ1n) is 8.15. The van der Waals surface area contributed by atoms with Gasteiger partial charge in [0, 0.05) is 13.1 Å². The molecule has 0 aliphatic carbocycles. The van der Waals surface area contributed by atoms with E-state index in [1.165, 1.54) is 0 Å². The summed E-state index contributed by atoms with van der Waals surface area (Å²) in [7, 11) is -3.32. The topological polar surface area (TPSA) is 96.6 Å². The number of sulfone groups is 1. The molecule has 0 saturated heterocycles. The normalized spacial score (nSPS) is 11.7. The van der Waals surface area contributed by atoms with Gasteiger partial charge in [-0.25, -0.2) is 18.4 Å². The van der Waals surface area contributed by atoms with Crippen LogP contribution in [0.1, 0.15) is 24.3 Å². The number of hydrogen-bond donors (Lipinski definition) is 2. The van der Waals surface area contributed by atoms with Crippen molar-refractivity contribution in [2.75, 3.05) is 18.8 Å². The molecular formula is C17H25IN4O3S. The zero-order valence-corrected chi connectivity index (χ0v) is 18.3. The van der Waals surface area contributed by atoms with Crippen molar-refractivity contribution in [3.63, 3.8) is 0 Å². The summed E-state index contributed by atoms with van der Waals surface area (Å²) in [5.74, 6) is 1.82. The van der Waals surface area contributed by atoms with Crippen LogP contribution in [0.25, 0.3) is 0 Å². The van der Waals surface area contributed by atoms with E-state index >= 15 is 0 Å². The predicted molar refractivity (Wildman–Crippen MR) is 113 cm³/mol. The maximum absolute atomic E-state index is 12.3. The zero-order chi connectivity index (χ0) is 18.3. The van der Waals surface area contributed by atoms with Crippen LogP contribution in [-0.4, -0.2) is 38.2 Å². The number of aryl methyl sites for hydroxylation is 2. The number of aromatic nitrogens is 1. The third kappa shape index (κ3) is 6.60. The minimum absolute atomic E-state index is 0. The molecule has 0 aliphatic heterocycles. The lowest BCUT2D eigenvalue weighted by atomic mass is 10.4. The van der Waals surface area contributed by atoms with E-state index in [0.29, 0.717) is 23.3 Å². The van der Waals surface area contributed by atoms with Crippen LogP contribution in [0.2, 0.25) is 0 Å². The number of guanidine groups is 1. The molecule has 0 aliphatic rings. The second-order valence-corrected chi connectivity index (χ2v) is 7.61. The van der Waals surface area contributed by atoms with E-state index in [4.69, 9.17) is 4.42 Å². The number of nitrogens with zero attached hydrogens (tertiary/aromatic N) is 2. The van der Waals surface area contributed by atoms with Gasteiger partial charge in [0.1, 0.15) is 12.3 Å². The average Bonchev–Trinajstić information content (AvgIpc) is 2.91. The number of benzene rings is 1. The summed E-state index contributed by atoms with van der Waals surface area (Å²) in [6, 6.07) is 8.42. The lowest BCUT2D eigenvalue weighted by molar-refractivity contribution is 0.473. The second-order valence-electron chi connectivity index (χ2n) is 5.50. The Labute approximate surface area is 171 Å². The van der Waals surface area contributed by atoms with E-state index in [0.717, 1.165) is 11.5 Å². The van der Waals surface area contributed by atoms with Gasteiger partial charge in [-0.1, -0.05) is 18.2 Å². The van der Waals surface area contributed by atoms with Gasteiger partial charge >= 0.3 is 0 Å². The fraction of sp³-hybridized carbons (Fsp3) is 0.412. The van der Waals surface area contributed by atoms with Crippen LogP contribution in [0, 0.1) is 13.8 Å². The molecule has 0 saturated carbocycles. The molecule has 1 aromatic carbocycles. The third-order valence-corrected chi connectivity index (χ3v) is 5.29. The number of oxazole rings is 1. The van der Waals surface area contributed by atoms with E-state index in [9.17, 15) is 8.42 Å². The monoisotopic (exact) mass is 492 g/mol. The van der Waals surface area contributed by atoms with Crippen molar-refractivity contribution in [1.82, 2.24) is 15.6 Å². The smallest absolute Gasteiger partial charge is 0.216 e. The lowest BCUT2D eigenvalue weighted by Gasteiger charge is -2.11. The number of aliphatic imine (C=N–C) groups is 1. The molecule has 26 heavy (non-hydrogen) atoms. The highest BCUT2D eigenvalue weighted by atomic mass is 127. The molecule has 0 unspecified atom stereocenters. The van der Waals surface area contributed by atoms with Gasteiger partial charge in [0.2, 0.25) is 5.89 Å². The second kappa shape index (κ2) is 10.5. The number of rotatable bonds is 7. The molecule has 2 N–H and O–H groups in total. The molecule has 0 fully saturated rings. The van der Waals surface area contributed by atoms with Crippen LogP contribution >= 0.6 is 24.0 Å². The van der Waals surface area contributed by atoms with Crippen LogP contribution in [0.3, 0.4) is 0 Å². The standard InChI is InChI=1S/C17H24N4O3S.HI/c1-4-18-17(20-12-16-21-13(2)14(3)24-16)19-10-11-25(22,23)15-8-6-5-7-9-15;/h5-9H,4,10-12H2,1-3H3,(H2,18,19,20);1H. The summed E-state index contributed by atoms with van der Waals surface area (Å²) in [4.78, 5) is 8.97. The average molecular weight is 492 g/mol. The van der Waals surface area contributed by atoms with Crippen LogP contribution in [0.4, 0.5) is 0 Å². The Morgan fingerprint density at radius 1 is 1.19 bits per heavy atom. The van der Waals surface area contributed by atoms with Crippen molar-refractivity contribution in [2.24, 2.45) is 4.99 Å². The first-order valence-corrected chi connectivity index (χ1v) is 9.80. The van der Waals surface area contributed by atoms with Gasteiger partial charge in [0.15, 0.2) is 15.8 Å². The number of halogens is 1. The largest absolute Gasteiger partial charge is 0.444 e. The van der Waals surface area contributed by atoms with Crippen LogP contribution < -0.4 is 10.6 Å². The number of nitrogens with one attached hydrogen (secondary N) is 2. The van der Waals surface area contributed by atoms with Crippen molar-refractivity contribution in [3.05, 3.63) is 47.7 Å². The Bertz CT molecular complexity index is 800. The Morgan fingerprint density at radius 2 is 1.88 bits per heavy atom. The summed E-state index contributed by atoms with van der Waals surface area (Å²) < 4.78 is 30.0. The van der Waals surface area contributed by atoms with Gasteiger partial charge in [0.05, 0.1) is 16.3 Å². The van der Waals surface area contributed by atoms with Gasteiger partial charge in [-0.15, -0.1) is 24.0 Å². The molecule has 2 rings (SSSR count). The predicted octanol–water partition coefficient (Wildman–Crippen LogP) is 2.44. The van der Waals surface area contributed by atoms with Crippen LogP contribution in [-0.2, 0) is 16.4 Å². The highest BCUT2D eigenvalue weighted by Gasteiger charge is 2.13. The molecule has 1 aromatic heterocycles. The molecule has 7 nitrogen and oxygen atoms in total. The molecule has 9 heteroatoms. The summed E-state index contributed by atoms with van der Waals surface area (Å²) >= 11 is 0. The van der Waals surface area contributed by atoms with Gasteiger partial charge in [-0.2, -0.15) is 0 Å². The quantitative estimate of drug-likeness (QED) is 0.350. The molecule has 1 heterocycles. The lowest BCUT2D eigenvalue weighted by Crippen LogP contribution is -2.39. The Morgan fingerprint density at radius 3 is 2.46 bits per heavy atom. The van der Waals surface area contributed by atoms with Gasteiger partial charge in [-0.05, 0) is 32.9 Å². The van der Waals surface area contributed by atoms with Gasteiger partial charge < -0.3 is 15.1 Å². The number of hydrogen-bond acceptors (Lipinski definition) is 5. The van der Waals surface area contributed by atoms with E-state index in [-0.39, 0.29) is 42.8 Å². The van der Waals surface area contributed by atoms with Crippen LogP contribution in [0.5, 0.6) is 0 Å². The molecule has 144 valence electrons. The fourth-order valence-corrected chi connectivity index (χ4v) is 3.32. The summed E-state index contributed by atoms with van der Waals surface area (Å²) in [5.41, 5.74) is 0.845.